The van der Waals surface area contributed by atoms with E-state index < -0.39 is 0 Å². The van der Waals surface area contributed by atoms with Crippen LogP contribution in [0.1, 0.15) is 36.8 Å². The van der Waals surface area contributed by atoms with E-state index in [9.17, 15) is 5.11 Å². The summed E-state index contributed by atoms with van der Waals surface area (Å²) >= 11 is 1.55. The molecule has 0 saturated carbocycles. The first-order chi connectivity index (χ1) is 10.8. The number of hydrogen-bond acceptors (Lipinski definition) is 7. The van der Waals surface area contributed by atoms with Crippen LogP contribution in [0.2, 0.25) is 0 Å². The molecule has 1 fully saturated rings. The van der Waals surface area contributed by atoms with Crippen LogP contribution in [-0.4, -0.2) is 44.7 Å². The maximum Gasteiger partial charge on any atom is 0.188 e. The first kappa shape index (κ1) is 15.3. The predicted octanol–water partition coefficient (Wildman–Crippen LogP) is 2.50. The van der Waals surface area contributed by atoms with Gasteiger partial charge in [0, 0.05) is 24.2 Å². The SMILES string of the molecule is Cc1nc(Nc2nccs2)cc(C2CCCCN2CCO)n1. The molecule has 118 valence electrons. The van der Waals surface area contributed by atoms with Crippen LogP contribution in [0.4, 0.5) is 10.9 Å². The Labute approximate surface area is 134 Å². The third-order valence-corrected chi connectivity index (χ3v) is 4.56. The fourth-order valence-electron chi connectivity index (χ4n) is 2.94. The van der Waals surface area contributed by atoms with Gasteiger partial charge in [0.05, 0.1) is 18.3 Å². The summed E-state index contributed by atoms with van der Waals surface area (Å²) in [6, 6.07) is 2.27. The average Bonchev–Trinajstić information content (AvgIpc) is 3.00. The Morgan fingerprint density at radius 1 is 1.41 bits per heavy atom. The van der Waals surface area contributed by atoms with E-state index in [1.807, 2.05) is 18.4 Å². The summed E-state index contributed by atoms with van der Waals surface area (Å²) in [7, 11) is 0. The number of aryl methyl sites for hydroxylation is 1. The van der Waals surface area contributed by atoms with Crippen molar-refractivity contribution >= 4 is 22.3 Å². The van der Waals surface area contributed by atoms with Crippen molar-refractivity contribution in [2.45, 2.75) is 32.2 Å². The quantitative estimate of drug-likeness (QED) is 0.882. The van der Waals surface area contributed by atoms with Crippen molar-refractivity contribution in [1.29, 1.82) is 0 Å². The van der Waals surface area contributed by atoms with Crippen molar-refractivity contribution in [2.24, 2.45) is 0 Å². The van der Waals surface area contributed by atoms with E-state index in [1.165, 1.54) is 12.8 Å². The standard InChI is InChI=1S/C15H21N5OS/c1-11-17-12(13-4-2-3-6-20(13)7-8-21)10-14(18-11)19-15-16-5-9-22-15/h5,9-10,13,21H,2-4,6-8H2,1H3,(H,16,17,18,19). The molecule has 1 atom stereocenters. The molecule has 22 heavy (non-hydrogen) atoms. The van der Waals surface area contributed by atoms with Crippen molar-refractivity contribution in [3.05, 3.63) is 29.2 Å². The summed E-state index contributed by atoms with van der Waals surface area (Å²) in [6.45, 7) is 3.81. The van der Waals surface area contributed by atoms with Crippen molar-refractivity contribution in [3.63, 3.8) is 0 Å². The number of aliphatic hydroxyl groups excluding tert-OH is 1. The van der Waals surface area contributed by atoms with E-state index in [4.69, 9.17) is 0 Å². The summed E-state index contributed by atoms with van der Waals surface area (Å²) in [5.41, 5.74) is 1.03. The topological polar surface area (TPSA) is 74.2 Å². The molecule has 0 spiro atoms. The molecule has 0 aromatic carbocycles. The number of thiazole rings is 1. The second-order valence-corrected chi connectivity index (χ2v) is 6.35. The third-order valence-electron chi connectivity index (χ3n) is 3.87. The minimum atomic E-state index is 0.185. The predicted molar refractivity (Wildman–Crippen MR) is 87.4 cm³/mol. The minimum absolute atomic E-state index is 0.185. The average molecular weight is 319 g/mol. The van der Waals surface area contributed by atoms with Gasteiger partial charge in [-0.3, -0.25) is 4.90 Å². The molecule has 0 bridgehead atoms. The molecule has 1 aliphatic heterocycles. The minimum Gasteiger partial charge on any atom is -0.395 e. The molecule has 6 nitrogen and oxygen atoms in total. The first-order valence-corrected chi connectivity index (χ1v) is 8.51. The van der Waals surface area contributed by atoms with Gasteiger partial charge in [0.25, 0.3) is 0 Å². The zero-order valence-corrected chi connectivity index (χ0v) is 13.5. The maximum absolute atomic E-state index is 9.27. The Morgan fingerprint density at radius 3 is 3.09 bits per heavy atom. The van der Waals surface area contributed by atoms with Gasteiger partial charge in [-0.2, -0.15) is 0 Å². The van der Waals surface area contributed by atoms with Gasteiger partial charge in [-0.1, -0.05) is 6.42 Å². The number of aliphatic hydroxyl groups is 1. The molecule has 1 unspecified atom stereocenters. The van der Waals surface area contributed by atoms with E-state index >= 15 is 0 Å². The van der Waals surface area contributed by atoms with Crippen molar-refractivity contribution in [2.75, 3.05) is 25.0 Å². The summed E-state index contributed by atoms with van der Waals surface area (Å²) in [5.74, 6) is 1.54. The normalized spacial score (nSPS) is 19.3. The smallest absolute Gasteiger partial charge is 0.188 e. The summed E-state index contributed by atoms with van der Waals surface area (Å²) in [6.07, 6.45) is 5.23. The number of nitrogens with zero attached hydrogens (tertiary/aromatic N) is 4. The lowest BCUT2D eigenvalue weighted by Crippen LogP contribution is -2.36. The molecule has 7 heteroatoms. The largest absolute Gasteiger partial charge is 0.395 e. The van der Waals surface area contributed by atoms with Gasteiger partial charge in [0.1, 0.15) is 11.6 Å². The molecule has 2 aromatic heterocycles. The Kier molecular flexibility index (Phi) is 4.97. The maximum atomic E-state index is 9.27. The lowest BCUT2D eigenvalue weighted by molar-refractivity contribution is 0.114. The van der Waals surface area contributed by atoms with Gasteiger partial charge in [-0.15, -0.1) is 11.3 Å². The van der Waals surface area contributed by atoms with E-state index in [0.29, 0.717) is 6.54 Å². The Hall–Kier alpha value is -1.57. The Balaban J connectivity index is 1.84. The number of aromatic nitrogens is 3. The van der Waals surface area contributed by atoms with Crippen molar-refractivity contribution < 1.29 is 5.11 Å². The highest BCUT2D eigenvalue weighted by Crippen LogP contribution is 2.31. The second-order valence-electron chi connectivity index (χ2n) is 5.46. The van der Waals surface area contributed by atoms with Crippen LogP contribution in [0.5, 0.6) is 0 Å². The molecule has 3 heterocycles. The molecule has 1 saturated heterocycles. The van der Waals surface area contributed by atoms with Crippen LogP contribution in [-0.2, 0) is 0 Å². The molecule has 0 aliphatic carbocycles. The van der Waals surface area contributed by atoms with Gasteiger partial charge in [0.15, 0.2) is 5.13 Å². The molecule has 3 rings (SSSR count). The first-order valence-electron chi connectivity index (χ1n) is 7.63. The van der Waals surface area contributed by atoms with Crippen LogP contribution in [0, 0.1) is 6.92 Å². The van der Waals surface area contributed by atoms with Crippen LogP contribution < -0.4 is 5.32 Å². The summed E-state index contributed by atoms with van der Waals surface area (Å²) < 4.78 is 0. The van der Waals surface area contributed by atoms with Gasteiger partial charge in [0.2, 0.25) is 0 Å². The van der Waals surface area contributed by atoms with E-state index in [1.54, 1.807) is 17.5 Å². The van der Waals surface area contributed by atoms with Crippen molar-refractivity contribution in [3.8, 4) is 0 Å². The molecular formula is C15H21N5OS. The van der Waals surface area contributed by atoms with Gasteiger partial charge in [-0.25, -0.2) is 15.0 Å². The van der Waals surface area contributed by atoms with Crippen LogP contribution >= 0.6 is 11.3 Å². The zero-order chi connectivity index (χ0) is 15.4. The Morgan fingerprint density at radius 2 is 2.32 bits per heavy atom. The monoisotopic (exact) mass is 319 g/mol. The fraction of sp³-hybridized carbons (Fsp3) is 0.533. The molecular weight excluding hydrogens is 298 g/mol. The third kappa shape index (κ3) is 3.60. The van der Waals surface area contributed by atoms with Gasteiger partial charge < -0.3 is 10.4 Å². The van der Waals surface area contributed by atoms with E-state index in [2.05, 4.69) is 25.2 Å². The number of hydrogen-bond donors (Lipinski definition) is 2. The highest BCUT2D eigenvalue weighted by Gasteiger charge is 2.25. The van der Waals surface area contributed by atoms with Gasteiger partial charge in [-0.05, 0) is 26.3 Å². The lowest BCUT2D eigenvalue weighted by Gasteiger charge is -2.35. The lowest BCUT2D eigenvalue weighted by atomic mass is 9.99. The molecule has 2 N–H and O–H groups in total. The fourth-order valence-corrected chi connectivity index (χ4v) is 3.48. The highest BCUT2D eigenvalue weighted by molar-refractivity contribution is 7.13. The molecule has 1 aliphatic rings. The van der Waals surface area contributed by atoms with Crippen LogP contribution in [0.3, 0.4) is 0 Å². The summed E-state index contributed by atoms with van der Waals surface area (Å²) in [5, 5.41) is 15.3. The van der Waals surface area contributed by atoms with E-state index in [0.717, 1.165) is 35.4 Å². The second kappa shape index (κ2) is 7.13. The van der Waals surface area contributed by atoms with Crippen LogP contribution in [0.25, 0.3) is 0 Å². The number of piperidine rings is 1. The number of rotatable bonds is 5. The molecule has 0 radical (unpaired) electrons. The number of anilines is 2. The van der Waals surface area contributed by atoms with Crippen LogP contribution in [0.15, 0.2) is 17.6 Å². The number of nitrogens with one attached hydrogen (secondary N) is 1. The van der Waals surface area contributed by atoms with Crippen molar-refractivity contribution in [1.82, 2.24) is 19.9 Å². The van der Waals surface area contributed by atoms with E-state index in [-0.39, 0.29) is 12.6 Å². The summed E-state index contributed by atoms with van der Waals surface area (Å²) in [4.78, 5) is 15.6. The van der Waals surface area contributed by atoms with Gasteiger partial charge >= 0.3 is 0 Å². The molecule has 0 amide bonds. The Bertz CT molecular complexity index is 602. The molecule has 2 aromatic rings. The number of likely N-dealkylation sites (tertiary alicyclic amines) is 1. The highest BCUT2D eigenvalue weighted by atomic mass is 32.1. The zero-order valence-electron chi connectivity index (χ0n) is 12.7. The number of β-amino-alcohol motifs (C(OH)–C–C–N with tert-alkyl or cyclic N) is 1.